The first-order chi connectivity index (χ1) is 9.58. The lowest BCUT2D eigenvalue weighted by Crippen LogP contribution is -2.08. The lowest BCUT2D eigenvalue weighted by molar-refractivity contribution is 0.385. The maximum atomic E-state index is 5.53. The van der Waals surface area contributed by atoms with Crippen molar-refractivity contribution in [3.63, 3.8) is 0 Å². The maximum absolute atomic E-state index is 5.53. The number of unbranched alkanes of at least 4 members (excludes halogenated alkanes) is 1. The molecule has 0 aromatic heterocycles. The summed E-state index contributed by atoms with van der Waals surface area (Å²) in [5.41, 5.74) is 1.16. The van der Waals surface area contributed by atoms with Crippen LogP contribution in [0.5, 0.6) is 11.5 Å². The molecule has 0 spiro atoms. The zero-order chi connectivity index (χ0) is 15.1. The van der Waals surface area contributed by atoms with Crippen molar-refractivity contribution in [2.45, 2.75) is 44.4 Å². The molecule has 2 unspecified atom stereocenters. The van der Waals surface area contributed by atoms with Crippen LogP contribution in [-0.4, -0.2) is 14.2 Å². The lowest BCUT2D eigenvalue weighted by atomic mass is 9.91. The molecule has 0 fully saturated rings. The highest BCUT2D eigenvalue weighted by Crippen LogP contribution is 2.44. The molecule has 0 aliphatic carbocycles. The standard InChI is InChI=1S/C16H24Br2O2/c1-5-7-8-11(6-2)16(18)12-9-15(20-4)13(17)10-14(12)19-3/h9-11,16H,5-8H2,1-4H3. The van der Waals surface area contributed by atoms with Crippen LogP contribution in [-0.2, 0) is 0 Å². The van der Waals surface area contributed by atoms with Gasteiger partial charge in [-0.25, -0.2) is 0 Å². The average Bonchev–Trinajstić information content (AvgIpc) is 2.47. The molecule has 0 N–H and O–H groups in total. The van der Waals surface area contributed by atoms with Crippen molar-refractivity contribution in [3.05, 3.63) is 22.2 Å². The molecular weight excluding hydrogens is 384 g/mol. The van der Waals surface area contributed by atoms with E-state index in [1.54, 1.807) is 14.2 Å². The van der Waals surface area contributed by atoms with Gasteiger partial charge in [-0.3, -0.25) is 0 Å². The zero-order valence-corrected chi connectivity index (χ0v) is 15.9. The van der Waals surface area contributed by atoms with Crippen molar-refractivity contribution in [2.24, 2.45) is 5.92 Å². The highest BCUT2D eigenvalue weighted by molar-refractivity contribution is 9.10. The molecule has 0 heterocycles. The Kier molecular flexibility index (Phi) is 7.96. The van der Waals surface area contributed by atoms with Crippen LogP contribution >= 0.6 is 31.9 Å². The summed E-state index contributed by atoms with van der Waals surface area (Å²) in [5, 5.41) is 0. The first kappa shape index (κ1) is 17.8. The number of hydrogen-bond acceptors (Lipinski definition) is 2. The van der Waals surface area contributed by atoms with Gasteiger partial charge in [-0.05, 0) is 40.4 Å². The number of methoxy groups -OCH3 is 2. The van der Waals surface area contributed by atoms with E-state index in [0.29, 0.717) is 5.92 Å². The molecule has 0 aliphatic rings. The Labute approximate surface area is 139 Å². The summed E-state index contributed by atoms with van der Waals surface area (Å²) in [6, 6.07) is 4.05. The third-order valence-electron chi connectivity index (χ3n) is 3.67. The molecule has 0 saturated heterocycles. The normalized spacial score (nSPS) is 13.9. The van der Waals surface area contributed by atoms with Gasteiger partial charge in [-0.1, -0.05) is 49.0 Å². The Morgan fingerprint density at radius 2 is 1.75 bits per heavy atom. The van der Waals surface area contributed by atoms with Crippen molar-refractivity contribution in [1.82, 2.24) is 0 Å². The van der Waals surface area contributed by atoms with E-state index in [0.717, 1.165) is 28.0 Å². The van der Waals surface area contributed by atoms with E-state index in [1.807, 2.05) is 6.07 Å². The monoisotopic (exact) mass is 406 g/mol. The number of halogens is 2. The lowest BCUT2D eigenvalue weighted by Gasteiger charge is -2.24. The summed E-state index contributed by atoms with van der Waals surface area (Å²) in [6.45, 7) is 4.48. The summed E-state index contributed by atoms with van der Waals surface area (Å²) < 4.78 is 11.9. The molecule has 1 aromatic rings. The largest absolute Gasteiger partial charge is 0.496 e. The maximum Gasteiger partial charge on any atom is 0.133 e. The molecule has 0 saturated carbocycles. The topological polar surface area (TPSA) is 18.5 Å². The molecule has 4 heteroatoms. The Balaban J connectivity index is 3.08. The van der Waals surface area contributed by atoms with Gasteiger partial charge in [0.15, 0.2) is 0 Å². The summed E-state index contributed by atoms with van der Waals surface area (Å²) >= 11 is 7.38. The fourth-order valence-electron chi connectivity index (χ4n) is 2.38. The first-order valence-corrected chi connectivity index (χ1v) is 8.85. The van der Waals surface area contributed by atoms with Gasteiger partial charge in [0.2, 0.25) is 0 Å². The van der Waals surface area contributed by atoms with E-state index in [-0.39, 0.29) is 4.83 Å². The SMILES string of the molecule is CCCCC(CC)C(Br)c1cc(OC)c(Br)cc1OC. The first-order valence-electron chi connectivity index (χ1n) is 7.14. The third kappa shape index (κ3) is 4.39. The molecule has 0 bridgehead atoms. The number of hydrogen-bond donors (Lipinski definition) is 0. The highest BCUT2D eigenvalue weighted by Gasteiger charge is 2.23. The number of benzene rings is 1. The van der Waals surface area contributed by atoms with Gasteiger partial charge in [0, 0.05) is 10.4 Å². The van der Waals surface area contributed by atoms with Crippen LogP contribution in [0.1, 0.15) is 49.9 Å². The third-order valence-corrected chi connectivity index (χ3v) is 5.53. The Bertz CT molecular complexity index is 421. The van der Waals surface area contributed by atoms with Gasteiger partial charge in [0.1, 0.15) is 11.5 Å². The van der Waals surface area contributed by atoms with Gasteiger partial charge in [0.25, 0.3) is 0 Å². The smallest absolute Gasteiger partial charge is 0.133 e. The van der Waals surface area contributed by atoms with Gasteiger partial charge >= 0.3 is 0 Å². The highest BCUT2D eigenvalue weighted by atomic mass is 79.9. The van der Waals surface area contributed by atoms with Gasteiger partial charge in [-0.15, -0.1) is 0 Å². The van der Waals surface area contributed by atoms with E-state index in [9.17, 15) is 0 Å². The predicted molar refractivity (Wildman–Crippen MR) is 92.2 cm³/mol. The van der Waals surface area contributed by atoms with Crippen LogP contribution in [0.2, 0.25) is 0 Å². The minimum atomic E-state index is 0.288. The second-order valence-corrected chi connectivity index (χ2v) is 6.78. The molecule has 20 heavy (non-hydrogen) atoms. The van der Waals surface area contributed by atoms with E-state index in [4.69, 9.17) is 9.47 Å². The van der Waals surface area contributed by atoms with Crippen LogP contribution in [0.25, 0.3) is 0 Å². The van der Waals surface area contributed by atoms with Crippen LogP contribution in [0, 0.1) is 5.92 Å². The Morgan fingerprint density at radius 3 is 2.25 bits per heavy atom. The van der Waals surface area contributed by atoms with E-state index < -0.39 is 0 Å². The van der Waals surface area contributed by atoms with Gasteiger partial charge in [-0.2, -0.15) is 0 Å². The Morgan fingerprint density at radius 1 is 1.10 bits per heavy atom. The second-order valence-electron chi connectivity index (χ2n) is 4.94. The molecule has 0 amide bonds. The number of rotatable bonds is 8. The summed E-state index contributed by atoms with van der Waals surface area (Å²) in [5.74, 6) is 2.35. The van der Waals surface area contributed by atoms with Crippen molar-refractivity contribution in [1.29, 1.82) is 0 Å². The summed E-state index contributed by atoms with van der Waals surface area (Å²) in [4.78, 5) is 0.288. The molecule has 1 aromatic carbocycles. The van der Waals surface area contributed by atoms with Gasteiger partial charge < -0.3 is 9.47 Å². The molecule has 114 valence electrons. The van der Waals surface area contributed by atoms with Crippen LogP contribution in [0.15, 0.2) is 16.6 Å². The van der Waals surface area contributed by atoms with Crippen molar-refractivity contribution < 1.29 is 9.47 Å². The summed E-state index contributed by atoms with van der Waals surface area (Å²) in [7, 11) is 3.40. The van der Waals surface area contributed by atoms with Gasteiger partial charge in [0.05, 0.1) is 18.7 Å². The number of alkyl halides is 1. The van der Waals surface area contributed by atoms with Crippen molar-refractivity contribution in [2.75, 3.05) is 14.2 Å². The quantitative estimate of drug-likeness (QED) is 0.483. The van der Waals surface area contributed by atoms with Crippen LogP contribution < -0.4 is 9.47 Å². The van der Waals surface area contributed by atoms with Crippen LogP contribution in [0.3, 0.4) is 0 Å². The molecule has 1 rings (SSSR count). The van der Waals surface area contributed by atoms with E-state index in [1.165, 1.54) is 19.3 Å². The summed E-state index contributed by atoms with van der Waals surface area (Å²) in [6.07, 6.45) is 4.87. The predicted octanol–water partition coefficient (Wildman–Crippen LogP) is 6.12. The van der Waals surface area contributed by atoms with E-state index >= 15 is 0 Å². The van der Waals surface area contributed by atoms with Crippen molar-refractivity contribution >= 4 is 31.9 Å². The van der Waals surface area contributed by atoms with Crippen LogP contribution in [0.4, 0.5) is 0 Å². The molecule has 0 aliphatic heterocycles. The fraction of sp³-hybridized carbons (Fsp3) is 0.625. The molecule has 2 atom stereocenters. The minimum absolute atomic E-state index is 0.288. The van der Waals surface area contributed by atoms with E-state index in [2.05, 4.69) is 51.8 Å². The number of ether oxygens (including phenoxy) is 2. The second kappa shape index (κ2) is 8.93. The average molecular weight is 408 g/mol. The Hall–Kier alpha value is -0.220. The van der Waals surface area contributed by atoms with Crippen molar-refractivity contribution in [3.8, 4) is 11.5 Å². The zero-order valence-electron chi connectivity index (χ0n) is 12.7. The molecule has 0 radical (unpaired) electrons. The molecule has 2 nitrogen and oxygen atoms in total. The minimum Gasteiger partial charge on any atom is -0.496 e. The fourth-order valence-corrected chi connectivity index (χ4v) is 3.86. The molecular formula is C16H24Br2O2.